The largest absolute Gasteiger partial charge is 0.248 e. The Hall–Kier alpha value is -0.660. The van der Waals surface area contributed by atoms with E-state index in [1.165, 1.54) is 0 Å². The van der Waals surface area contributed by atoms with Crippen LogP contribution in [-0.4, -0.2) is 31.5 Å². The van der Waals surface area contributed by atoms with Crippen molar-refractivity contribution in [1.29, 1.82) is 0 Å². The van der Waals surface area contributed by atoms with Gasteiger partial charge in [-0.25, -0.2) is 9.67 Å². The Morgan fingerprint density at radius 2 is 2.16 bits per heavy atom. The number of hydrogen-bond donors (Lipinski definition) is 1. The molecule has 0 N–H and O–H groups in total. The third kappa shape index (κ3) is 4.15. The summed E-state index contributed by atoms with van der Waals surface area (Å²) in [6.45, 7) is 4.21. The number of hydrogen-bond acceptors (Lipinski definition) is 6. The van der Waals surface area contributed by atoms with E-state index in [-0.39, 0.29) is 0 Å². The van der Waals surface area contributed by atoms with E-state index in [4.69, 9.17) is 0 Å². The van der Waals surface area contributed by atoms with Crippen molar-refractivity contribution in [1.82, 2.24) is 20.0 Å². The lowest BCUT2D eigenvalue weighted by Gasteiger charge is -2.02. The molecule has 2 heterocycles. The summed E-state index contributed by atoms with van der Waals surface area (Å²) in [5, 5.41) is 9.29. The first-order valence-electron chi connectivity index (χ1n) is 5.98. The SMILES string of the molecule is CC(C)c1cn(-c2ccc(SCCSS)nc2)nn1. The monoisotopic (exact) mass is 312 g/mol. The molecule has 0 amide bonds. The van der Waals surface area contributed by atoms with E-state index < -0.39 is 0 Å². The quantitative estimate of drug-likeness (QED) is 0.383. The van der Waals surface area contributed by atoms with Gasteiger partial charge in [-0.3, -0.25) is 0 Å². The maximum absolute atomic E-state index is 4.42. The molecule has 0 aromatic carbocycles. The highest BCUT2D eigenvalue weighted by Gasteiger charge is 2.06. The lowest BCUT2D eigenvalue weighted by molar-refractivity contribution is 0.773. The van der Waals surface area contributed by atoms with Crippen molar-refractivity contribution in [3.63, 3.8) is 0 Å². The van der Waals surface area contributed by atoms with Crippen molar-refractivity contribution in [2.75, 3.05) is 11.5 Å². The molecule has 0 saturated heterocycles. The zero-order valence-electron chi connectivity index (χ0n) is 10.9. The van der Waals surface area contributed by atoms with E-state index >= 15 is 0 Å². The molecule has 0 aliphatic heterocycles. The highest BCUT2D eigenvalue weighted by molar-refractivity contribution is 8.68. The zero-order chi connectivity index (χ0) is 13.7. The summed E-state index contributed by atoms with van der Waals surface area (Å²) in [6.07, 6.45) is 3.78. The van der Waals surface area contributed by atoms with Gasteiger partial charge in [0.2, 0.25) is 0 Å². The Kier molecular flexibility index (Phi) is 5.59. The maximum Gasteiger partial charge on any atom is 0.0961 e. The Morgan fingerprint density at radius 3 is 2.74 bits per heavy atom. The molecule has 0 aliphatic carbocycles. The number of rotatable bonds is 6. The molecule has 0 atom stereocenters. The summed E-state index contributed by atoms with van der Waals surface area (Å²) in [5.41, 5.74) is 1.93. The number of aromatic nitrogens is 4. The standard InChI is InChI=1S/C12H16N4S3/c1-9(2)11-8-16(15-14-11)10-3-4-12(13-7-10)18-5-6-19-17/h3-4,7-9,17H,5-6H2,1-2H3. The molecule has 0 aliphatic rings. The van der Waals surface area contributed by atoms with Gasteiger partial charge < -0.3 is 0 Å². The molecule has 102 valence electrons. The fourth-order valence-corrected chi connectivity index (χ4v) is 3.25. The van der Waals surface area contributed by atoms with Crippen LogP contribution in [-0.2, 0) is 0 Å². The number of thioether (sulfide) groups is 1. The number of thiol groups is 1. The topological polar surface area (TPSA) is 43.6 Å². The van der Waals surface area contributed by atoms with Crippen LogP contribution in [0, 0.1) is 0 Å². The summed E-state index contributed by atoms with van der Waals surface area (Å²) in [5.74, 6) is 2.41. The average molecular weight is 312 g/mol. The van der Waals surface area contributed by atoms with Gasteiger partial charge in [-0.15, -0.1) is 28.5 Å². The van der Waals surface area contributed by atoms with E-state index in [1.54, 1.807) is 27.2 Å². The Balaban J connectivity index is 2.04. The Bertz CT molecular complexity index is 510. The molecule has 2 rings (SSSR count). The smallest absolute Gasteiger partial charge is 0.0961 e. The van der Waals surface area contributed by atoms with E-state index in [1.807, 2.05) is 24.5 Å². The van der Waals surface area contributed by atoms with Crippen LogP contribution in [0.15, 0.2) is 29.6 Å². The van der Waals surface area contributed by atoms with E-state index in [0.29, 0.717) is 5.92 Å². The minimum atomic E-state index is 0.385. The molecule has 19 heavy (non-hydrogen) atoms. The van der Waals surface area contributed by atoms with Crippen molar-refractivity contribution in [3.05, 3.63) is 30.2 Å². The first kappa shape index (κ1) is 14.7. The average Bonchev–Trinajstić information content (AvgIpc) is 2.90. The van der Waals surface area contributed by atoms with E-state index in [0.717, 1.165) is 27.9 Å². The van der Waals surface area contributed by atoms with E-state index in [2.05, 4.69) is 40.8 Å². The summed E-state index contributed by atoms with van der Waals surface area (Å²) in [7, 11) is 1.55. The molecule has 2 aromatic rings. The maximum atomic E-state index is 4.42. The molecular formula is C12H16N4S3. The van der Waals surface area contributed by atoms with Gasteiger partial charge >= 0.3 is 0 Å². The highest BCUT2D eigenvalue weighted by Crippen LogP contribution is 2.19. The van der Waals surface area contributed by atoms with Crippen LogP contribution in [0.3, 0.4) is 0 Å². The van der Waals surface area contributed by atoms with Crippen LogP contribution in [0.25, 0.3) is 5.69 Å². The van der Waals surface area contributed by atoms with Crippen LogP contribution in [0.5, 0.6) is 0 Å². The number of nitrogens with zero attached hydrogens (tertiary/aromatic N) is 4. The second-order valence-corrected chi connectivity index (χ2v) is 6.84. The molecule has 0 radical (unpaired) electrons. The highest BCUT2D eigenvalue weighted by atomic mass is 33.1. The molecule has 2 aromatic heterocycles. The van der Waals surface area contributed by atoms with Gasteiger partial charge in [-0.2, -0.15) is 0 Å². The minimum absolute atomic E-state index is 0.385. The van der Waals surface area contributed by atoms with Gasteiger partial charge in [0.1, 0.15) is 0 Å². The van der Waals surface area contributed by atoms with E-state index in [9.17, 15) is 0 Å². The lowest BCUT2D eigenvalue weighted by Crippen LogP contribution is -1.96. The molecule has 0 fully saturated rings. The third-order valence-corrected chi connectivity index (χ3v) is 4.65. The first-order chi connectivity index (χ1) is 9.20. The molecule has 0 bridgehead atoms. The van der Waals surface area contributed by atoms with Crippen molar-refractivity contribution >= 4 is 34.2 Å². The lowest BCUT2D eigenvalue weighted by atomic mass is 10.2. The van der Waals surface area contributed by atoms with Gasteiger partial charge in [-0.05, 0) is 18.1 Å². The molecular weight excluding hydrogens is 296 g/mol. The van der Waals surface area contributed by atoms with Crippen LogP contribution < -0.4 is 0 Å². The Morgan fingerprint density at radius 1 is 1.32 bits per heavy atom. The third-order valence-electron chi connectivity index (χ3n) is 2.51. The van der Waals surface area contributed by atoms with Crippen molar-refractivity contribution in [3.8, 4) is 5.69 Å². The molecule has 0 spiro atoms. The van der Waals surface area contributed by atoms with Crippen LogP contribution in [0.1, 0.15) is 25.5 Å². The molecule has 0 unspecified atom stereocenters. The van der Waals surface area contributed by atoms with Crippen molar-refractivity contribution in [2.45, 2.75) is 24.8 Å². The summed E-state index contributed by atoms with van der Waals surface area (Å²) < 4.78 is 1.76. The molecule has 0 saturated carbocycles. The predicted octanol–water partition coefficient (Wildman–Crippen LogP) is 3.46. The first-order valence-corrected chi connectivity index (χ1v) is 9.01. The minimum Gasteiger partial charge on any atom is -0.248 e. The normalized spacial score (nSPS) is 11.2. The molecule has 7 heteroatoms. The fourth-order valence-electron chi connectivity index (χ4n) is 1.44. The van der Waals surface area contributed by atoms with Gasteiger partial charge in [-0.1, -0.05) is 29.9 Å². The zero-order valence-corrected chi connectivity index (χ0v) is 13.4. The Labute approximate surface area is 126 Å². The van der Waals surface area contributed by atoms with Crippen molar-refractivity contribution in [2.24, 2.45) is 0 Å². The van der Waals surface area contributed by atoms with Crippen molar-refractivity contribution < 1.29 is 0 Å². The van der Waals surface area contributed by atoms with Gasteiger partial charge in [0, 0.05) is 11.5 Å². The van der Waals surface area contributed by atoms with Gasteiger partial charge in [0.05, 0.1) is 28.8 Å². The summed E-state index contributed by atoms with van der Waals surface area (Å²) in [4.78, 5) is 4.42. The van der Waals surface area contributed by atoms with Crippen LogP contribution in [0.4, 0.5) is 0 Å². The van der Waals surface area contributed by atoms with Gasteiger partial charge in [0.25, 0.3) is 0 Å². The van der Waals surface area contributed by atoms with Crippen LogP contribution >= 0.6 is 34.2 Å². The number of pyridine rings is 1. The summed E-state index contributed by atoms with van der Waals surface area (Å²) >= 11 is 5.85. The second kappa shape index (κ2) is 7.21. The second-order valence-electron chi connectivity index (χ2n) is 4.28. The molecule has 4 nitrogen and oxygen atoms in total. The summed E-state index contributed by atoms with van der Waals surface area (Å²) in [6, 6.07) is 4.03. The fraction of sp³-hybridized carbons (Fsp3) is 0.417. The van der Waals surface area contributed by atoms with Gasteiger partial charge in [0.15, 0.2) is 0 Å². The predicted molar refractivity (Wildman–Crippen MR) is 85.4 cm³/mol. The van der Waals surface area contributed by atoms with Crippen LogP contribution in [0.2, 0.25) is 0 Å².